The zero-order valence-corrected chi connectivity index (χ0v) is 19.4. The quantitative estimate of drug-likeness (QED) is 0.464. The van der Waals surface area contributed by atoms with Crippen LogP contribution in [0.25, 0.3) is 0 Å². The molecular weight excluding hydrogens is 412 g/mol. The zero-order valence-electron chi connectivity index (χ0n) is 19.4. The van der Waals surface area contributed by atoms with E-state index < -0.39 is 6.04 Å². The summed E-state index contributed by atoms with van der Waals surface area (Å²) in [5, 5.41) is 3.05. The summed E-state index contributed by atoms with van der Waals surface area (Å²) in [5.74, 6) is 0.600. The lowest BCUT2D eigenvalue weighted by molar-refractivity contribution is -0.141. The van der Waals surface area contributed by atoms with Crippen LogP contribution in [0.1, 0.15) is 36.5 Å². The molecule has 0 aliphatic heterocycles. The number of ether oxygens (including phenoxy) is 1. The molecule has 0 bridgehead atoms. The predicted octanol–water partition coefficient (Wildman–Crippen LogP) is 4.75. The van der Waals surface area contributed by atoms with Crippen LogP contribution < -0.4 is 10.1 Å². The van der Waals surface area contributed by atoms with Crippen molar-refractivity contribution >= 4 is 11.8 Å². The molecule has 0 aliphatic rings. The van der Waals surface area contributed by atoms with Gasteiger partial charge in [0.1, 0.15) is 11.8 Å². The summed E-state index contributed by atoms with van der Waals surface area (Å²) in [4.78, 5) is 28.3. The minimum Gasteiger partial charge on any atom is -0.497 e. The Morgan fingerprint density at radius 3 is 2.03 bits per heavy atom. The number of amides is 2. The first-order valence-corrected chi connectivity index (χ1v) is 11.4. The van der Waals surface area contributed by atoms with Crippen molar-refractivity contribution in [1.29, 1.82) is 0 Å². The summed E-state index contributed by atoms with van der Waals surface area (Å²) in [6.07, 6.45) is 1.59. The highest BCUT2D eigenvalue weighted by Gasteiger charge is 2.29. The van der Waals surface area contributed by atoms with E-state index in [4.69, 9.17) is 4.74 Å². The van der Waals surface area contributed by atoms with Crippen LogP contribution in [0.15, 0.2) is 84.9 Å². The van der Waals surface area contributed by atoms with Crippen molar-refractivity contribution in [3.05, 3.63) is 102 Å². The molecule has 0 radical (unpaired) electrons. The fourth-order valence-corrected chi connectivity index (χ4v) is 3.74. The van der Waals surface area contributed by atoms with Crippen molar-refractivity contribution in [2.75, 3.05) is 7.11 Å². The fourth-order valence-electron chi connectivity index (χ4n) is 3.74. The number of hydrogen-bond donors (Lipinski definition) is 1. The highest BCUT2D eigenvalue weighted by atomic mass is 16.5. The van der Waals surface area contributed by atoms with E-state index in [1.54, 1.807) is 12.0 Å². The van der Waals surface area contributed by atoms with Crippen molar-refractivity contribution in [2.24, 2.45) is 0 Å². The summed E-state index contributed by atoms with van der Waals surface area (Å²) in [7, 11) is 1.62. The minimum absolute atomic E-state index is 0.0121. The molecule has 0 heterocycles. The number of carbonyl (C=O) groups is 2. The van der Waals surface area contributed by atoms with E-state index in [1.807, 2.05) is 91.9 Å². The lowest BCUT2D eigenvalue weighted by Gasteiger charge is -2.31. The van der Waals surface area contributed by atoms with Crippen LogP contribution in [0, 0.1) is 0 Å². The molecule has 0 fully saturated rings. The Kier molecular flexibility index (Phi) is 9.07. The van der Waals surface area contributed by atoms with Crippen LogP contribution in [0.3, 0.4) is 0 Å². The highest BCUT2D eigenvalue weighted by molar-refractivity contribution is 5.88. The lowest BCUT2D eigenvalue weighted by Crippen LogP contribution is -2.50. The Bertz CT molecular complexity index is 1000. The van der Waals surface area contributed by atoms with E-state index in [0.717, 1.165) is 28.9 Å². The third-order valence-corrected chi connectivity index (χ3v) is 5.56. The molecule has 3 aromatic rings. The van der Waals surface area contributed by atoms with Gasteiger partial charge in [0.05, 0.1) is 7.11 Å². The van der Waals surface area contributed by atoms with Gasteiger partial charge in [0.15, 0.2) is 0 Å². The number of benzene rings is 3. The molecule has 5 nitrogen and oxygen atoms in total. The SMILES string of the molecule is CCCC(=O)N(Cc1ccccc1)[C@H](Cc1ccccc1)C(=O)NCc1ccc(OC)cc1. The normalized spacial score (nSPS) is 11.5. The van der Waals surface area contributed by atoms with Crippen LogP contribution in [-0.2, 0) is 29.1 Å². The molecule has 0 spiro atoms. The number of carbonyl (C=O) groups excluding carboxylic acids is 2. The number of rotatable bonds is 11. The maximum Gasteiger partial charge on any atom is 0.243 e. The van der Waals surface area contributed by atoms with Crippen LogP contribution in [-0.4, -0.2) is 29.9 Å². The Labute approximate surface area is 196 Å². The first-order chi connectivity index (χ1) is 16.1. The lowest BCUT2D eigenvalue weighted by atomic mass is 10.0. The van der Waals surface area contributed by atoms with Crippen molar-refractivity contribution in [3.8, 4) is 5.75 Å². The monoisotopic (exact) mass is 444 g/mol. The summed E-state index contributed by atoms with van der Waals surface area (Å²) in [5.41, 5.74) is 2.99. The van der Waals surface area contributed by atoms with Gasteiger partial charge in [0.25, 0.3) is 0 Å². The molecule has 1 N–H and O–H groups in total. The van der Waals surface area contributed by atoms with Crippen molar-refractivity contribution in [2.45, 2.75) is 45.3 Å². The fraction of sp³-hybridized carbons (Fsp3) is 0.286. The summed E-state index contributed by atoms with van der Waals surface area (Å²) < 4.78 is 5.21. The molecule has 33 heavy (non-hydrogen) atoms. The molecule has 0 saturated heterocycles. The van der Waals surface area contributed by atoms with Gasteiger partial charge in [-0.15, -0.1) is 0 Å². The van der Waals surface area contributed by atoms with Gasteiger partial charge in [0, 0.05) is 25.9 Å². The molecular formula is C28H32N2O3. The van der Waals surface area contributed by atoms with Gasteiger partial charge in [-0.2, -0.15) is 0 Å². The average Bonchev–Trinajstić information content (AvgIpc) is 2.86. The minimum atomic E-state index is -0.607. The van der Waals surface area contributed by atoms with Crippen molar-refractivity contribution in [1.82, 2.24) is 10.2 Å². The van der Waals surface area contributed by atoms with E-state index in [1.165, 1.54) is 0 Å². The van der Waals surface area contributed by atoms with Gasteiger partial charge in [0.2, 0.25) is 11.8 Å². The van der Waals surface area contributed by atoms with E-state index >= 15 is 0 Å². The van der Waals surface area contributed by atoms with E-state index in [-0.39, 0.29) is 11.8 Å². The van der Waals surface area contributed by atoms with Gasteiger partial charge in [-0.3, -0.25) is 9.59 Å². The number of methoxy groups -OCH3 is 1. The second-order valence-corrected chi connectivity index (χ2v) is 8.03. The van der Waals surface area contributed by atoms with E-state index in [9.17, 15) is 9.59 Å². The van der Waals surface area contributed by atoms with Gasteiger partial charge >= 0.3 is 0 Å². The Balaban J connectivity index is 1.84. The van der Waals surface area contributed by atoms with Gasteiger partial charge < -0.3 is 15.0 Å². The molecule has 5 heteroatoms. The van der Waals surface area contributed by atoms with Crippen LogP contribution in [0.2, 0.25) is 0 Å². The molecule has 0 unspecified atom stereocenters. The first-order valence-electron chi connectivity index (χ1n) is 11.4. The smallest absolute Gasteiger partial charge is 0.243 e. The predicted molar refractivity (Wildman–Crippen MR) is 131 cm³/mol. The Hall–Kier alpha value is -3.60. The van der Waals surface area contributed by atoms with Gasteiger partial charge in [-0.25, -0.2) is 0 Å². The third-order valence-electron chi connectivity index (χ3n) is 5.56. The van der Waals surface area contributed by atoms with Crippen molar-refractivity contribution < 1.29 is 14.3 Å². The van der Waals surface area contributed by atoms with Crippen LogP contribution >= 0.6 is 0 Å². The maximum absolute atomic E-state index is 13.5. The largest absolute Gasteiger partial charge is 0.497 e. The van der Waals surface area contributed by atoms with Crippen LogP contribution in [0.4, 0.5) is 0 Å². The third kappa shape index (κ3) is 7.21. The van der Waals surface area contributed by atoms with Gasteiger partial charge in [-0.1, -0.05) is 79.7 Å². The second kappa shape index (κ2) is 12.4. The average molecular weight is 445 g/mol. The molecule has 3 rings (SSSR count). The maximum atomic E-state index is 13.5. The van der Waals surface area contributed by atoms with E-state index in [2.05, 4.69) is 5.32 Å². The van der Waals surface area contributed by atoms with Crippen molar-refractivity contribution in [3.63, 3.8) is 0 Å². The Morgan fingerprint density at radius 2 is 1.45 bits per heavy atom. The number of nitrogens with zero attached hydrogens (tertiary/aromatic N) is 1. The molecule has 0 saturated carbocycles. The molecule has 1 atom stereocenters. The topological polar surface area (TPSA) is 58.6 Å². The second-order valence-electron chi connectivity index (χ2n) is 8.03. The molecule has 2 amide bonds. The molecule has 0 aromatic heterocycles. The number of hydrogen-bond acceptors (Lipinski definition) is 3. The standard InChI is InChI=1S/C28H32N2O3/c1-3-10-27(31)30(21-24-13-8-5-9-14-24)26(19-22-11-6-4-7-12-22)28(32)29-20-23-15-17-25(33-2)18-16-23/h4-9,11-18,26H,3,10,19-21H2,1-2H3,(H,29,32)/t26-/m1/s1. The van der Waals surface area contributed by atoms with Gasteiger partial charge in [-0.05, 0) is 35.2 Å². The molecule has 172 valence electrons. The summed E-state index contributed by atoms with van der Waals surface area (Å²) in [6.45, 7) is 2.76. The first kappa shape index (κ1) is 24.1. The molecule has 3 aromatic carbocycles. The summed E-state index contributed by atoms with van der Waals surface area (Å²) >= 11 is 0. The zero-order chi connectivity index (χ0) is 23.5. The molecule has 0 aliphatic carbocycles. The Morgan fingerprint density at radius 1 is 0.848 bits per heavy atom. The summed E-state index contributed by atoms with van der Waals surface area (Å²) in [6, 6.07) is 26.7. The number of nitrogens with one attached hydrogen (secondary N) is 1. The van der Waals surface area contributed by atoms with Crippen LogP contribution in [0.5, 0.6) is 5.75 Å². The van der Waals surface area contributed by atoms with E-state index in [0.29, 0.717) is 25.9 Å². The highest BCUT2D eigenvalue weighted by Crippen LogP contribution is 2.17.